The fourth-order valence-corrected chi connectivity index (χ4v) is 1.88. The molecule has 2 N–H and O–H groups in total. The van der Waals surface area contributed by atoms with Crippen molar-refractivity contribution in [1.82, 2.24) is 15.0 Å². The highest BCUT2D eigenvalue weighted by atomic mass is 19.4. The van der Waals surface area contributed by atoms with Gasteiger partial charge >= 0.3 is 6.18 Å². The lowest BCUT2D eigenvalue weighted by atomic mass is 10.2. The minimum atomic E-state index is -4.50. The van der Waals surface area contributed by atoms with Crippen LogP contribution in [-0.4, -0.2) is 35.6 Å². The van der Waals surface area contributed by atoms with Gasteiger partial charge in [-0.25, -0.2) is 4.98 Å². The highest BCUT2D eigenvalue weighted by Gasteiger charge is 2.31. The molecule has 2 rings (SSSR count). The van der Waals surface area contributed by atoms with E-state index < -0.39 is 17.8 Å². The van der Waals surface area contributed by atoms with E-state index in [4.69, 9.17) is 5.73 Å². The summed E-state index contributed by atoms with van der Waals surface area (Å²) in [5.74, 6) is 0.00512. The van der Waals surface area contributed by atoms with Gasteiger partial charge in [0.1, 0.15) is 5.52 Å². The molecule has 0 aliphatic rings. The second-order valence-corrected chi connectivity index (χ2v) is 4.91. The van der Waals surface area contributed by atoms with Gasteiger partial charge in [0.15, 0.2) is 0 Å². The van der Waals surface area contributed by atoms with E-state index in [2.05, 4.69) is 10.1 Å². The highest BCUT2D eigenvalue weighted by Crippen LogP contribution is 2.30. The van der Waals surface area contributed by atoms with Gasteiger partial charge in [-0.2, -0.15) is 13.2 Å². The van der Waals surface area contributed by atoms with Gasteiger partial charge in [0.05, 0.1) is 11.6 Å². The van der Waals surface area contributed by atoms with E-state index in [0.29, 0.717) is 6.54 Å². The Morgan fingerprint density at radius 3 is 2.62 bits per heavy atom. The molecule has 114 valence electrons. The first kappa shape index (κ1) is 15.4. The number of hydrogen-bond acceptors (Lipinski definition) is 5. The molecular formula is C12H14F3N5O. The van der Waals surface area contributed by atoms with Crippen LogP contribution in [0.3, 0.4) is 0 Å². The van der Waals surface area contributed by atoms with E-state index in [9.17, 15) is 18.4 Å². The van der Waals surface area contributed by atoms with Gasteiger partial charge < -0.3 is 15.8 Å². The first-order valence-electron chi connectivity index (χ1n) is 6.07. The lowest BCUT2D eigenvalue weighted by Gasteiger charge is -2.15. The Balaban J connectivity index is 2.51. The summed E-state index contributed by atoms with van der Waals surface area (Å²) in [7, 11) is 3.54. The largest absolute Gasteiger partial charge is 0.594 e. The number of hydrogen-bond donors (Lipinski definition) is 1. The summed E-state index contributed by atoms with van der Waals surface area (Å²) >= 11 is 0. The SMILES string of the molecule is CN(C)CC(N)c1nc2cc(C(F)(F)F)ccc2[n+]([O-])n1. The van der Waals surface area contributed by atoms with Crippen molar-refractivity contribution in [3.63, 3.8) is 0 Å². The molecule has 1 aromatic carbocycles. The van der Waals surface area contributed by atoms with Gasteiger partial charge in [-0.3, -0.25) is 0 Å². The fourth-order valence-electron chi connectivity index (χ4n) is 1.88. The molecular weight excluding hydrogens is 287 g/mol. The van der Waals surface area contributed by atoms with Crippen molar-refractivity contribution < 1.29 is 18.0 Å². The number of rotatable bonds is 3. The van der Waals surface area contributed by atoms with E-state index in [1.54, 1.807) is 19.0 Å². The third-order valence-electron chi connectivity index (χ3n) is 2.83. The van der Waals surface area contributed by atoms with Crippen LogP contribution in [0, 0.1) is 5.21 Å². The summed E-state index contributed by atoms with van der Waals surface area (Å²) in [6.45, 7) is 0.366. The van der Waals surface area contributed by atoms with Crippen LogP contribution >= 0.6 is 0 Å². The van der Waals surface area contributed by atoms with Crippen molar-refractivity contribution in [1.29, 1.82) is 0 Å². The van der Waals surface area contributed by atoms with Crippen LogP contribution in [0.5, 0.6) is 0 Å². The van der Waals surface area contributed by atoms with E-state index in [-0.39, 0.29) is 21.7 Å². The molecule has 0 fully saturated rings. The quantitative estimate of drug-likeness (QED) is 0.671. The van der Waals surface area contributed by atoms with Gasteiger partial charge in [-0.1, -0.05) is 0 Å². The maximum Gasteiger partial charge on any atom is 0.416 e. The number of halogens is 3. The van der Waals surface area contributed by atoms with Crippen molar-refractivity contribution in [3.05, 3.63) is 34.8 Å². The Bertz CT molecular complexity index is 659. The molecule has 0 aliphatic heterocycles. The monoisotopic (exact) mass is 301 g/mol. The van der Waals surface area contributed by atoms with Crippen LogP contribution in [0.4, 0.5) is 13.2 Å². The summed E-state index contributed by atoms with van der Waals surface area (Å²) in [6.07, 6.45) is -4.50. The highest BCUT2D eigenvalue weighted by molar-refractivity contribution is 5.71. The Morgan fingerprint density at radius 1 is 1.38 bits per heavy atom. The number of benzene rings is 1. The van der Waals surface area contributed by atoms with Crippen LogP contribution in [0.25, 0.3) is 11.0 Å². The van der Waals surface area contributed by atoms with Gasteiger partial charge in [0.2, 0.25) is 5.82 Å². The Hall–Kier alpha value is -2.00. The van der Waals surface area contributed by atoms with E-state index in [0.717, 1.165) is 18.2 Å². The van der Waals surface area contributed by atoms with Crippen molar-refractivity contribution in [2.75, 3.05) is 20.6 Å². The topological polar surface area (TPSA) is 82.0 Å². The number of aromatic nitrogens is 3. The average molecular weight is 301 g/mol. The zero-order chi connectivity index (χ0) is 15.8. The molecule has 0 aliphatic carbocycles. The molecule has 0 saturated heterocycles. The third-order valence-corrected chi connectivity index (χ3v) is 2.83. The normalized spacial score (nSPS) is 13.9. The molecule has 6 nitrogen and oxygen atoms in total. The van der Waals surface area contributed by atoms with Crippen molar-refractivity contribution >= 4 is 11.0 Å². The summed E-state index contributed by atoms with van der Waals surface area (Å²) in [6, 6.07) is 2.02. The minimum Gasteiger partial charge on any atom is -0.594 e. The summed E-state index contributed by atoms with van der Waals surface area (Å²) in [4.78, 5) is 5.99. The van der Waals surface area contributed by atoms with Crippen molar-refractivity contribution in [2.45, 2.75) is 12.2 Å². The zero-order valence-electron chi connectivity index (χ0n) is 11.4. The molecule has 2 aromatic rings. The molecule has 1 aromatic heterocycles. The Morgan fingerprint density at radius 2 is 2.05 bits per heavy atom. The van der Waals surface area contributed by atoms with E-state index in [1.165, 1.54) is 0 Å². The summed E-state index contributed by atoms with van der Waals surface area (Å²) in [5, 5.41) is 15.4. The molecule has 1 atom stereocenters. The smallest absolute Gasteiger partial charge is 0.416 e. The molecule has 0 saturated carbocycles. The number of alkyl halides is 3. The molecule has 0 radical (unpaired) electrons. The fraction of sp³-hybridized carbons (Fsp3) is 0.417. The van der Waals surface area contributed by atoms with Gasteiger partial charge in [0, 0.05) is 17.7 Å². The number of fused-ring (bicyclic) bond motifs is 1. The lowest BCUT2D eigenvalue weighted by molar-refractivity contribution is -0.644. The third kappa shape index (κ3) is 3.37. The molecule has 21 heavy (non-hydrogen) atoms. The summed E-state index contributed by atoms with van der Waals surface area (Å²) in [5.41, 5.74) is 4.84. The molecule has 0 amide bonds. The predicted molar refractivity (Wildman–Crippen MR) is 69.0 cm³/mol. The van der Waals surface area contributed by atoms with Gasteiger partial charge in [-0.05, 0) is 31.1 Å². The number of nitrogens with zero attached hydrogens (tertiary/aromatic N) is 4. The maximum atomic E-state index is 12.7. The van der Waals surface area contributed by atoms with Crippen LogP contribution in [-0.2, 0) is 6.18 Å². The first-order valence-corrected chi connectivity index (χ1v) is 6.07. The molecule has 9 heteroatoms. The van der Waals surface area contributed by atoms with Crippen LogP contribution in [0.15, 0.2) is 18.2 Å². The zero-order valence-corrected chi connectivity index (χ0v) is 11.4. The van der Waals surface area contributed by atoms with E-state index >= 15 is 0 Å². The second kappa shape index (κ2) is 5.41. The van der Waals surface area contributed by atoms with Crippen molar-refractivity contribution in [2.24, 2.45) is 5.73 Å². The van der Waals surface area contributed by atoms with Crippen LogP contribution in [0.2, 0.25) is 0 Å². The Labute approximate surface area is 118 Å². The maximum absolute atomic E-state index is 12.7. The van der Waals surface area contributed by atoms with Gasteiger partial charge in [-0.15, -0.1) is 0 Å². The van der Waals surface area contributed by atoms with Crippen LogP contribution in [0.1, 0.15) is 17.4 Å². The molecule has 1 unspecified atom stereocenters. The first-order chi connectivity index (χ1) is 9.68. The van der Waals surface area contributed by atoms with E-state index in [1.807, 2.05) is 0 Å². The van der Waals surface area contributed by atoms with Crippen LogP contribution < -0.4 is 10.6 Å². The molecule has 1 heterocycles. The summed E-state index contributed by atoms with van der Waals surface area (Å²) < 4.78 is 38.1. The standard InChI is InChI=1S/C12H14F3N5O/c1-19(2)6-8(16)11-17-9-5-7(12(13,14)15)3-4-10(9)20(21)18-11/h3-5,8H,6,16H2,1-2H3. The molecule has 0 spiro atoms. The number of likely N-dealkylation sites (N-methyl/N-ethyl adjacent to an activating group) is 1. The Kier molecular flexibility index (Phi) is 3.97. The van der Waals surface area contributed by atoms with Crippen molar-refractivity contribution in [3.8, 4) is 0 Å². The molecule has 0 bridgehead atoms. The second-order valence-electron chi connectivity index (χ2n) is 4.91. The van der Waals surface area contributed by atoms with Gasteiger partial charge in [0.25, 0.3) is 5.52 Å². The minimum absolute atomic E-state index is 0.00512. The predicted octanol–water partition coefficient (Wildman–Crippen LogP) is 0.843. The average Bonchev–Trinajstić information content (AvgIpc) is 2.36. The lowest BCUT2D eigenvalue weighted by Crippen LogP contribution is -2.37. The number of nitrogens with two attached hydrogens (primary N) is 1.